The zero-order valence-corrected chi connectivity index (χ0v) is 18.8. The lowest BCUT2D eigenvalue weighted by Gasteiger charge is -2.13. The maximum Gasteiger partial charge on any atom is 0.326 e. The third-order valence-corrected chi connectivity index (χ3v) is 5.94. The fourth-order valence-corrected chi connectivity index (χ4v) is 4.10. The van der Waals surface area contributed by atoms with Crippen LogP contribution in [0.1, 0.15) is 48.0 Å². The van der Waals surface area contributed by atoms with Crippen LogP contribution in [0.4, 0.5) is 4.39 Å². The van der Waals surface area contributed by atoms with Gasteiger partial charge in [-0.25, -0.2) is 4.39 Å². The molecule has 1 aromatic heterocycles. The molecule has 2 aromatic carbocycles. The van der Waals surface area contributed by atoms with Crippen molar-refractivity contribution in [1.82, 2.24) is 9.47 Å². The maximum atomic E-state index is 13.1. The average molecular weight is 462 g/mol. The van der Waals surface area contributed by atoms with E-state index in [0.29, 0.717) is 18.5 Å². The van der Waals surface area contributed by atoms with Gasteiger partial charge in [-0.05, 0) is 56.2 Å². The average Bonchev–Trinajstić information content (AvgIpc) is 3.25. The number of carbonyl (C=O) groups is 4. The van der Waals surface area contributed by atoms with Gasteiger partial charge in [0.15, 0.2) is 6.61 Å². The quantitative estimate of drug-likeness (QED) is 0.291. The zero-order chi connectivity index (χ0) is 24.4. The highest BCUT2D eigenvalue weighted by Gasteiger charge is 2.36. The first kappa shape index (κ1) is 23.1. The van der Waals surface area contributed by atoms with Crippen molar-refractivity contribution in [3.05, 3.63) is 94.1 Å². The van der Waals surface area contributed by atoms with Crippen LogP contribution in [0.2, 0.25) is 0 Å². The molecule has 34 heavy (non-hydrogen) atoms. The van der Waals surface area contributed by atoms with Crippen molar-refractivity contribution in [3.8, 4) is 0 Å². The smallest absolute Gasteiger partial charge is 0.326 e. The number of halogens is 1. The van der Waals surface area contributed by atoms with Gasteiger partial charge in [0.2, 0.25) is 5.78 Å². The SMILES string of the molecule is Cc1cc(C(=O)COC(=O)CN2C(=O)c3ccccc3C2=O)c(C)n1CCc1ccc(F)cc1. The monoisotopic (exact) mass is 462 g/mol. The molecule has 2 heterocycles. The molecule has 0 saturated heterocycles. The Balaban J connectivity index is 1.34. The first-order valence-corrected chi connectivity index (χ1v) is 10.8. The Hall–Kier alpha value is -4.07. The molecule has 1 aliphatic heterocycles. The second-order valence-electron chi connectivity index (χ2n) is 8.14. The molecule has 0 radical (unpaired) electrons. The van der Waals surface area contributed by atoms with E-state index in [1.165, 1.54) is 24.3 Å². The van der Waals surface area contributed by atoms with Gasteiger partial charge in [-0.15, -0.1) is 0 Å². The summed E-state index contributed by atoms with van der Waals surface area (Å²) in [7, 11) is 0. The summed E-state index contributed by atoms with van der Waals surface area (Å²) in [6, 6.07) is 14.3. The molecule has 0 fully saturated rings. The van der Waals surface area contributed by atoms with E-state index >= 15 is 0 Å². The van der Waals surface area contributed by atoms with Gasteiger partial charge in [0.05, 0.1) is 11.1 Å². The summed E-state index contributed by atoms with van der Waals surface area (Å²) in [5.74, 6) is -2.63. The van der Waals surface area contributed by atoms with Gasteiger partial charge in [0.1, 0.15) is 12.4 Å². The molecule has 4 rings (SSSR count). The van der Waals surface area contributed by atoms with Crippen LogP contribution in [0, 0.1) is 19.7 Å². The van der Waals surface area contributed by atoms with Gasteiger partial charge >= 0.3 is 5.97 Å². The van der Waals surface area contributed by atoms with E-state index in [1.807, 2.05) is 18.4 Å². The van der Waals surface area contributed by atoms with E-state index in [9.17, 15) is 23.6 Å². The van der Waals surface area contributed by atoms with E-state index in [-0.39, 0.29) is 22.7 Å². The van der Waals surface area contributed by atoms with E-state index in [4.69, 9.17) is 4.74 Å². The van der Waals surface area contributed by atoms with Crippen LogP contribution >= 0.6 is 0 Å². The van der Waals surface area contributed by atoms with Gasteiger partial charge in [-0.3, -0.25) is 24.1 Å². The number of ketones is 1. The van der Waals surface area contributed by atoms with Crippen molar-refractivity contribution in [2.75, 3.05) is 13.2 Å². The zero-order valence-electron chi connectivity index (χ0n) is 18.8. The fraction of sp³-hybridized carbons (Fsp3) is 0.231. The molecule has 0 N–H and O–H groups in total. The van der Waals surface area contributed by atoms with Crippen LogP contribution in [0.15, 0.2) is 54.6 Å². The molecule has 0 saturated carbocycles. The molecule has 0 unspecified atom stereocenters. The van der Waals surface area contributed by atoms with Crippen LogP contribution in [0.25, 0.3) is 0 Å². The Bertz CT molecular complexity index is 1260. The van der Waals surface area contributed by atoms with E-state index in [0.717, 1.165) is 21.9 Å². The number of Topliss-reactive ketones (excluding diaryl/α,β-unsaturated/α-hetero) is 1. The Labute approximate surface area is 195 Å². The normalized spacial score (nSPS) is 12.7. The lowest BCUT2D eigenvalue weighted by Crippen LogP contribution is -2.36. The van der Waals surface area contributed by atoms with Crippen molar-refractivity contribution < 1.29 is 28.3 Å². The number of ether oxygens (including phenoxy) is 1. The van der Waals surface area contributed by atoms with Gasteiger partial charge < -0.3 is 9.30 Å². The Kier molecular flexibility index (Phi) is 6.40. The fourth-order valence-electron chi connectivity index (χ4n) is 4.10. The number of fused-ring (bicyclic) bond motifs is 1. The number of aromatic nitrogens is 1. The molecule has 0 atom stereocenters. The molecule has 0 aliphatic carbocycles. The number of carbonyl (C=O) groups excluding carboxylic acids is 4. The Morgan fingerprint density at radius 3 is 2.18 bits per heavy atom. The standard InChI is InChI=1S/C26H23FN2O5/c1-16-13-22(17(2)28(16)12-11-18-7-9-19(27)10-8-18)23(30)15-34-24(31)14-29-25(32)20-5-3-4-6-21(20)26(29)33/h3-10,13H,11-12,14-15H2,1-2H3. The Morgan fingerprint density at radius 2 is 1.56 bits per heavy atom. The first-order valence-electron chi connectivity index (χ1n) is 10.8. The summed E-state index contributed by atoms with van der Waals surface area (Å²) < 4.78 is 20.2. The van der Waals surface area contributed by atoms with Crippen molar-refractivity contribution in [2.24, 2.45) is 0 Å². The molecule has 2 amide bonds. The number of rotatable bonds is 8. The highest BCUT2D eigenvalue weighted by atomic mass is 19.1. The summed E-state index contributed by atoms with van der Waals surface area (Å²) in [5.41, 5.74) is 3.50. The highest BCUT2D eigenvalue weighted by molar-refractivity contribution is 6.22. The molecular weight excluding hydrogens is 439 g/mol. The van der Waals surface area contributed by atoms with E-state index in [2.05, 4.69) is 0 Å². The van der Waals surface area contributed by atoms with E-state index in [1.54, 1.807) is 30.3 Å². The van der Waals surface area contributed by atoms with Gasteiger partial charge in [0, 0.05) is 23.5 Å². The summed E-state index contributed by atoms with van der Waals surface area (Å²) in [4.78, 5) is 50.5. The molecular formula is C26H23FN2O5. The van der Waals surface area contributed by atoms with Gasteiger partial charge in [-0.1, -0.05) is 24.3 Å². The second kappa shape index (κ2) is 9.43. The van der Waals surface area contributed by atoms with Crippen molar-refractivity contribution in [1.29, 1.82) is 0 Å². The van der Waals surface area contributed by atoms with Crippen molar-refractivity contribution in [3.63, 3.8) is 0 Å². The van der Waals surface area contributed by atoms with E-state index < -0.39 is 30.9 Å². The molecule has 7 nitrogen and oxygen atoms in total. The van der Waals surface area contributed by atoms with Crippen molar-refractivity contribution in [2.45, 2.75) is 26.8 Å². The highest BCUT2D eigenvalue weighted by Crippen LogP contribution is 2.22. The lowest BCUT2D eigenvalue weighted by atomic mass is 10.1. The van der Waals surface area contributed by atoms with Crippen LogP contribution in [-0.4, -0.2) is 46.2 Å². The number of nitrogens with zero attached hydrogens (tertiary/aromatic N) is 2. The molecule has 0 bridgehead atoms. The summed E-state index contributed by atoms with van der Waals surface area (Å²) in [6.07, 6.45) is 0.666. The van der Waals surface area contributed by atoms with Crippen LogP contribution in [0.3, 0.4) is 0 Å². The third-order valence-electron chi connectivity index (χ3n) is 5.94. The second-order valence-corrected chi connectivity index (χ2v) is 8.14. The summed E-state index contributed by atoms with van der Waals surface area (Å²) in [6.45, 7) is 3.24. The Morgan fingerprint density at radius 1 is 0.941 bits per heavy atom. The molecule has 8 heteroatoms. The molecule has 3 aromatic rings. The number of hydrogen-bond acceptors (Lipinski definition) is 5. The predicted molar refractivity (Wildman–Crippen MR) is 121 cm³/mol. The number of benzene rings is 2. The largest absolute Gasteiger partial charge is 0.456 e. The molecule has 0 spiro atoms. The first-order chi connectivity index (χ1) is 16.3. The number of esters is 1. The maximum absolute atomic E-state index is 13.1. The molecule has 1 aliphatic rings. The number of imide groups is 1. The third kappa shape index (κ3) is 4.52. The number of hydrogen-bond donors (Lipinski definition) is 0. The van der Waals surface area contributed by atoms with Gasteiger partial charge in [-0.2, -0.15) is 0 Å². The summed E-state index contributed by atoms with van der Waals surface area (Å²) >= 11 is 0. The number of aryl methyl sites for hydroxylation is 2. The minimum absolute atomic E-state index is 0.240. The van der Waals surface area contributed by atoms with Crippen LogP contribution < -0.4 is 0 Å². The van der Waals surface area contributed by atoms with Crippen molar-refractivity contribution >= 4 is 23.6 Å². The minimum Gasteiger partial charge on any atom is -0.456 e. The number of amides is 2. The predicted octanol–water partition coefficient (Wildman–Crippen LogP) is 3.51. The minimum atomic E-state index is -0.840. The van der Waals surface area contributed by atoms with Crippen LogP contribution in [-0.2, 0) is 22.5 Å². The topological polar surface area (TPSA) is 85.7 Å². The lowest BCUT2D eigenvalue weighted by molar-refractivity contribution is -0.142. The van der Waals surface area contributed by atoms with Gasteiger partial charge in [0.25, 0.3) is 11.8 Å². The summed E-state index contributed by atoms with van der Waals surface area (Å²) in [5, 5.41) is 0. The molecule has 174 valence electrons. The van der Waals surface area contributed by atoms with Crippen LogP contribution in [0.5, 0.6) is 0 Å².